The number of hydrogen-bond donors (Lipinski definition) is 2. The van der Waals surface area contributed by atoms with Crippen molar-refractivity contribution in [2.24, 2.45) is 0 Å². The SMILES string of the molecule is CCCCCO.CCCCO.[La]. The Hall–Kier alpha value is 1.11. The van der Waals surface area contributed by atoms with Crippen molar-refractivity contribution in [1.29, 1.82) is 0 Å². The molecule has 0 saturated heterocycles. The normalized spacial score (nSPS) is 8.00. The summed E-state index contributed by atoms with van der Waals surface area (Å²) in [7, 11) is 0. The smallest absolute Gasteiger partial charge is 0.0431 e. The molecule has 2 nitrogen and oxygen atoms in total. The Labute approximate surface area is 104 Å². The van der Waals surface area contributed by atoms with Crippen molar-refractivity contribution < 1.29 is 45.8 Å². The maximum Gasteiger partial charge on any atom is 0.0431 e. The van der Waals surface area contributed by atoms with Crippen molar-refractivity contribution in [3.8, 4) is 0 Å². The molecule has 0 rings (SSSR count). The summed E-state index contributed by atoms with van der Waals surface area (Å²) in [5.74, 6) is 0. The summed E-state index contributed by atoms with van der Waals surface area (Å²) in [5, 5.41) is 16.3. The summed E-state index contributed by atoms with van der Waals surface area (Å²) in [5.41, 5.74) is 0. The fourth-order valence-corrected chi connectivity index (χ4v) is 0.520. The average molecular weight is 301 g/mol. The predicted molar refractivity (Wildman–Crippen MR) is 48.6 cm³/mol. The molecule has 0 aliphatic carbocycles. The van der Waals surface area contributed by atoms with Crippen LogP contribution in [0.15, 0.2) is 0 Å². The van der Waals surface area contributed by atoms with Gasteiger partial charge in [0.15, 0.2) is 0 Å². The largest absolute Gasteiger partial charge is 0.396 e. The number of unbranched alkanes of at least 4 members (excludes halogenated alkanes) is 3. The molecule has 2 N–H and O–H groups in total. The molecule has 0 aromatic carbocycles. The molecular weight excluding hydrogens is 279 g/mol. The van der Waals surface area contributed by atoms with E-state index in [9.17, 15) is 0 Å². The number of aliphatic hydroxyl groups is 2. The van der Waals surface area contributed by atoms with Crippen LogP contribution in [0.5, 0.6) is 0 Å². The quantitative estimate of drug-likeness (QED) is 0.762. The van der Waals surface area contributed by atoms with E-state index in [0.717, 1.165) is 25.7 Å². The van der Waals surface area contributed by atoms with Crippen molar-refractivity contribution in [1.82, 2.24) is 0 Å². The summed E-state index contributed by atoms with van der Waals surface area (Å²) in [6.45, 7) is 4.87. The number of rotatable bonds is 5. The maximum atomic E-state index is 8.20. The monoisotopic (exact) mass is 301 g/mol. The number of aliphatic hydroxyl groups excluding tert-OH is 2. The molecule has 0 aliphatic rings. The molecule has 1 radical (unpaired) electrons. The first-order valence-corrected chi connectivity index (χ1v) is 4.55. The number of hydrogen-bond acceptors (Lipinski definition) is 2. The molecule has 0 bridgehead atoms. The van der Waals surface area contributed by atoms with Crippen LogP contribution in [0, 0.1) is 35.6 Å². The van der Waals surface area contributed by atoms with E-state index in [2.05, 4.69) is 13.8 Å². The van der Waals surface area contributed by atoms with E-state index in [1.54, 1.807) is 0 Å². The van der Waals surface area contributed by atoms with E-state index in [4.69, 9.17) is 10.2 Å². The molecule has 0 spiro atoms. The van der Waals surface area contributed by atoms with E-state index in [1.807, 2.05) is 0 Å². The van der Waals surface area contributed by atoms with Crippen LogP contribution in [0.4, 0.5) is 0 Å². The maximum absolute atomic E-state index is 8.20. The topological polar surface area (TPSA) is 40.5 Å². The fraction of sp³-hybridized carbons (Fsp3) is 1.00. The van der Waals surface area contributed by atoms with Gasteiger partial charge in [-0.3, -0.25) is 0 Å². The van der Waals surface area contributed by atoms with Gasteiger partial charge >= 0.3 is 0 Å². The third-order valence-electron chi connectivity index (χ3n) is 1.27. The Morgan fingerprint density at radius 2 is 1.17 bits per heavy atom. The van der Waals surface area contributed by atoms with Crippen molar-refractivity contribution in [2.75, 3.05) is 13.2 Å². The second kappa shape index (κ2) is 22.7. The van der Waals surface area contributed by atoms with Crippen LogP contribution in [-0.4, -0.2) is 23.4 Å². The molecule has 0 aromatic heterocycles. The van der Waals surface area contributed by atoms with Crippen LogP contribution < -0.4 is 0 Å². The van der Waals surface area contributed by atoms with E-state index < -0.39 is 0 Å². The van der Waals surface area contributed by atoms with Crippen molar-refractivity contribution in [3.05, 3.63) is 0 Å². The summed E-state index contributed by atoms with van der Waals surface area (Å²) >= 11 is 0. The Morgan fingerprint density at radius 3 is 1.25 bits per heavy atom. The van der Waals surface area contributed by atoms with Gasteiger partial charge in [0, 0.05) is 48.8 Å². The minimum atomic E-state index is 0. The van der Waals surface area contributed by atoms with Gasteiger partial charge in [-0.05, 0) is 12.8 Å². The minimum Gasteiger partial charge on any atom is -0.396 e. The first-order chi connectivity index (χ1) is 5.33. The summed E-state index contributed by atoms with van der Waals surface area (Å²) in [6, 6.07) is 0. The molecule has 0 atom stereocenters. The summed E-state index contributed by atoms with van der Waals surface area (Å²) in [4.78, 5) is 0. The van der Waals surface area contributed by atoms with E-state index in [0.29, 0.717) is 13.2 Å². The van der Waals surface area contributed by atoms with Crippen LogP contribution >= 0.6 is 0 Å². The second-order valence-corrected chi connectivity index (χ2v) is 2.51. The summed E-state index contributed by atoms with van der Waals surface area (Å²) in [6.07, 6.45) is 5.37. The Balaban J connectivity index is -0.000000126. The Bertz CT molecular complexity index is 45.8. The first-order valence-electron chi connectivity index (χ1n) is 4.55. The minimum absolute atomic E-state index is 0. The fourth-order valence-electron chi connectivity index (χ4n) is 0.520. The van der Waals surface area contributed by atoms with Crippen LogP contribution in [0.2, 0.25) is 0 Å². The molecule has 3 heteroatoms. The molecule has 0 aliphatic heterocycles. The van der Waals surface area contributed by atoms with E-state index in [1.165, 1.54) is 6.42 Å². The van der Waals surface area contributed by atoms with Gasteiger partial charge in [-0.2, -0.15) is 0 Å². The molecule has 12 heavy (non-hydrogen) atoms. The molecule has 73 valence electrons. The van der Waals surface area contributed by atoms with Crippen LogP contribution in [0.3, 0.4) is 0 Å². The zero-order valence-electron chi connectivity index (χ0n) is 8.42. The van der Waals surface area contributed by atoms with Gasteiger partial charge in [-0.15, -0.1) is 0 Å². The third-order valence-corrected chi connectivity index (χ3v) is 1.27. The molecule has 0 amide bonds. The van der Waals surface area contributed by atoms with Crippen LogP contribution in [0.1, 0.15) is 46.0 Å². The van der Waals surface area contributed by atoms with Gasteiger partial charge in [-0.1, -0.05) is 33.1 Å². The van der Waals surface area contributed by atoms with Gasteiger partial charge in [-0.25, -0.2) is 0 Å². The van der Waals surface area contributed by atoms with Gasteiger partial charge < -0.3 is 10.2 Å². The zero-order chi connectivity index (χ0) is 8.95. The average Bonchev–Trinajstić information content (AvgIpc) is 2.04. The Kier molecular flexibility index (Phi) is 35.6. The molecular formula is C9H22LaO2. The second-order valence-electron chi connectivity index (χ2n) is 2.51. The van der Waals surface area contributed by atoms with Crippen molar-refractivity contribution in [3.63, 3.8) is 0 Å². The van der Waals surface area contributed by atoms with Gasteiger partial charge in [0.05, 0.1) is 0 Å². The molecule has 0 saturated carbocycles. The molecule has 0 fully saturated rings. The first kappa shape index (κ1) is 18.8. The molecule has 0 aromatic rings. The van der Waals surface area contributed by atoms with Gasteiger partial charge in [0.25, 0.3) is 0 Å². The van der Waals surface area contributed by atoms with Crippen LogP contribution in [-0.2, 0) is 0 Å². The molecule has 0 heterocycles. The van der Waals surface area contributed by atoms with Crippen molar-refractivity contribution in [2.45, 2.75) is 46.0 Å². The third kappa shape index (κ3) is 30.4. The predicted octanol–water partition coefficient (Wildman–Crippen LogP) is 1.95. The van der Waals surface area contributed by atoms with E-state index in [-0.39, 0.29) is 35.6 Å². The zero-order valence-corrected chi connectivity index (χ0v) is 12.0. The Morgan fingerprint density at radius 1 is 0.750 bits per heavy atom. The van der Waals surface area contributed by atoms with Crippen molar-refractivity contribution >= 4 is 0 Å². The standard InChI is InChI=1S/C5H12O.C4H10O.La/c1-2-3-4-5-6;1-2-3-4-5;/h6H,2-5H2,1H3;5H,2-4H2,1H3;. The van der Waals surface area contributed by atoms with Crippen LogP contribution in [0.25, 0.3) is 0 Å². The summed E-state index contributed by atoms with van der Waals surface area (Å²) < 4.78 is 0. The van der Waals surface area contributed by atoms with Gasteiger partial charge in [0.2, 0.25) is 0 Å². The molecule has 0 unspecified atom stereocenters. The van der Waals surface area contributed by atoms with E-state index >= 15 is 0 Å². The van der Waals surface area contributed by atoms with Gasteiger partial charge in [0.1, 0.15) is 0 Å².